The lowest BCUT2D eigenvalue weighted by Crippen LogP contribution is -2.46. The first-order valence-corrected chi connectivity index (χ1v) is 16.9. The second-order valence-electron chi connectivity index (χ2n) is 12.6. The lowest BCUT2D eigenvalue weighted by Gasteiger charge is -2.40. The van der Waals surface area contributed by atoms with E-state index in [0.717, 1.165) is 22.5 Å². The van der Waals surface area contributed by atoms with Crippen molar-refractivity contribution in [2.45, 2.75) is 38.8 Å². The normalized spacial score (nSPS) is 15.8. The van der Waals surface area contributed by atoms with Crippen LogP contribution in [-0.2, 0) is 14.3 Å². The van der Waals surface area contributed by atoms with Gasteiger partial charge in [-0.1, -0.05) is 66.7 Å². The van der Waals surface area contributed by atoms with E-state index >= 15 is 0 Å². The zero-order valence-corrected chi connectivity index (χ0v) is 29.5. The van der Waals surface area contributed by atoms with Crippen LogP contribution >= 0.6 is 0 Å². The van der Waals surface area contributed by atoms with E-state index in [0.29, 0.717) is 34.1 Å². The molecule has 1 fully saturated rings. The van der Waals surface area contributed by atoms with Crippen molar-refractivity contribution in [3.05, 3.63) is 143 Å². The third-order valence-electron chi connectivity index (χ3n) is 9.62. The molecular weight excluding hydrogens is 644 g/mol. The number of ketones is 1. The number of carbonyl (C=O) groups excluding carboxylic acids is 3. The molecule has 2 atom stereocenters. The van der Waals surface area contributed by atoms with Gasteiger partial charge in [0.15, 0.2) is 18.1 Å². The molecule has 51 heavy (non-hydrogen) atoms. The van der Waals surface area contributed by atoms with Crippen molar-refractivity contribution in [3.63, 3.8) is 0 Å². The molecule has 262 valence electrons. The van der Waals surface area contributed by atoms with E-state index in [4.69, 9.17) is 18.9 Å². The maximum absolute atomic E-state index is 14.0. The number of esters is 1. The lowest BCUT2D eigenvalue weighted by atomic mass is 9.83. The second-order valence-corrected chi connectivity index (χ2v) is 12.6. The number of ether oxygens (including phenoxy) is 4. The summed E-state index contributed by atoms with van der Waals surface area (Å²) in [4.78, 5) is 43.1. The highest BCUT2D eigenvalue weighted by atomic mass is 16.5. The number of amides is 1. The van der Waals surface area contributed by atoms with Crippen molar-refractivity contribution in [1.29, 1.82) is 0 Å². The molecule has 0 bridgehead atoms. The quantitative estimate of drug-likeness (QED) is 0.0982. The Morgan fingerprint density at radius 2 is 1.39 bits per heavy atom. The van der Waals surface area contributed by atoms with Crippen LogP contribution < -0.4 is 19.1 Å². The van der Waals surface area contributed by atoms with Crippen LogP contribution in [0.15, 0.2) is 109 Å². The van der Waals surface area contributed by atoms with Crippen LogP contribution in [0.4, 0.5) is 5.69 Å². The van der Waals surface area contributed by atoms with Crippen molar-refractivity contribution < 1.29 is 33.3 Å². The Balaban J connectivity index is 1.29. The maximum Gasteiger partial charge on any atom is 0.311 e. The molecule has 6 rings (SSSR count). The maximum atomic E-state index is 14.0. The average Bonchev–Trinajstić information content (AvgIpc) is 3.46. The van der Waals surface area contributed by atoms with Crippen molar-refractivity contribution >= 4 is 23.3 Å². The molecule has 1 saturated heterocycles. The summed E-state index contributed by atoms with van der Waals surface area (Å²) in [5.41, 5.74) is 5.63. The number of hydrogen-bond donors (Lipinski definition) is 0. The highest BCUT2D eigenvalue weighted by molar-refractivity contribution is 6.00. The molecule has 0 radical (unpaired) electrons. The van der Waals surface area contributed by atoms with E-state index in [2.05, 4.69) is 28.8 Å². The summed E-state index contributed by atoms with van der Waals surface area (Å²) in [5.74, 6) is -0.146. The number of piperidine rings is 1. The van der Waals surface area contributed by atoms with E-state index in [-0.39, 0.29) is 30.6 Å². The summed E-state index contributed by atoms with van der Waals surface area (Å²) in [5, 5.41) is 0. The minimum atomic E-state index is -0.760. The van der Waals surface area contributed by atoms with Crippen LogP contribution in [0.25, 0.3) is 0 Å². The van der Waals surface area contributed by atoms with Gasteiger partial charge in [-0.05, 0) is 79.4 Å². The second kappa shape index (κ2) is 15.4. The van der Waals surface area contributed by atoms with Crippen LogP contribution in [0, 0.1) is 19.8 Å². The van der Waals surface area contributed by atoms with E-state index in [1.807, 2.05) is 62.4 Å². The van der Waals surface area contributed by atoms with Crippen LogP contribution in [0.2, 0.25) is 0 Å². The van der Waals surface area contributed by atoms with Gasteiger partial charge < -0.3 is 28.4 Å². The highest BCUT2D eigenvalue weighted by Gasteiger charge is 2.43. The lowest BCUT2D eigenvalue weighted by molar-refractivity contribution is -0.149. The van der Waals surface area contributed by atoms with E-state index in [1.165, 1.54) is 7.11 Å². The SMILES string of the molecule is COc1ccc(N2C(=O)CCC(C(=O)OCC(=O)c3cc(C)n(C(c4ccccc4)c4ccccc4)c3C)C2c2ccc(OC)c(OC)c2)cc1. The fourth-order valence-corrected chi connectivity index (χ4v) is 7.14. The fraction of sp³-hybridized carbons (Fsp3) is 0.262. The van der Waals surface area contributed by atoms with Crippen LogP contribution in [0.5, 0.6) is 17.2 Å². The van der Waals surface area contributed by atoms with Gasteiger partial charge in [-0.2, -0.15) is 0 Å². The molecule has 9 nitrogen and oxygen atoms in total. The average molecular weight is 687 g/mol. The van der Waals surface area contributed by atoms with Crippen molar-refractivity contribution in [2.75, 3.05) is 32.8 Å². The summed E-state index contributed by atoms with van der Waals surface area (Å²) < 4.78 is 24.4. The van der Waals surface area contributed by atoms with Gasteiger partial charge in [-0.25, -0.2) is 0 Å². The predicted octanol–water partition coefficient (Wildman–Crippen LogP) is 7.68. The number of rotatable bonds is 12. The monoisotopic (exact) mass is 686 g/mol. The topological polar surface area (TPSA) is 96.3 Å². The van der Waals surface area contributed by atoms with Crippen molar-refractivity contribution in [3.8, 4) is 17.2 Å². The summed E-state index contributed by atoms with van der Waals surface area (Å²) in [7, 11) is 4.65. The number of nitrogens with zero attached hydrogens (tertiary/aromatic N) is 2. The Kier molecular flexibility index (Phi) is 10.6. The van der Waals surface area contributed by atoms with E-state index in [9.17, 15) is 14.4 Å². The number of benzene rings is 4. The number of carbonyl (C=O) groups is 3. The largest absolute Gasteiger partial charge is 0.497 e. The molecule has 0 N–H and O–H groups in total. The van der Waals surface area contributed by atoms with E-state index in [1.54, 1.807) is 55.5 Å². The standard InChI is InChI=1S/C42H42N2O7/c1-27-24-35(28(2)43(27)40(29-12-8-6-9-13-29)30-14-10-7-11-15-30)36(45)26-51-42(47)34-21-23-39(46)44(32-17-19-33(48-3)20-18-32)41(34)31-16-22-37(49-4)38(25-31)50-5/h6-20,22,24-25,34,40-41H,21,23,26H2,1-5H3. The Morgan fingerprint density at radius 1 is 0.765 bits per heavy atom. The number of methoxy groups -OCH3 is 3. The van der Waals surface area contributed by atoms with Crippen LogP contribution in [0.3, 0.4) is 0 Å². The van der Waals surface area contributed by atoms with E-state index < -0.39 is 24.5 Å². The van der Waals surface area contributed by atoms with Crippen molar-refractivity contribution in [2.24, 2.45) is 5.92 Å². The number of aromatic nitrogens is 1. The minimum Gasteiger partial charge on any atom is -0.497 e. The van der Waals surface area contributed by atoms with Crippen LogP contribution in [-0.4, -0.2) is 50.2 Å². The molecule has 0 saturated carbocycles. The smallest absolute Gasteiger partial charge is 0.311 e. The minimum absolute atomic E-state index is 0.130. The Labute approximate surface area is 298 Å². The van der Waals surface area contributed by atoms with Gasteiger partial charge in [0.25, 0.3) is 0 Å². The summed E-state index contributed by atoms with van der Waals surface area (Å²) in [6, 6.07) is 33.8. The van der Waals surface area contributed by atoms with Gasteiger partial charge in [0.05, 0.1) is 39.3 Å². The molecule has 1 aromatic heterocycles. The number of Topliss-reactive ketones (excluding diaryl/α,β-unsaturated/α-hetero) is 1. The molecule has 9 heteroatoms. The first kappa shape index (κ1) is 35.0. The Bertz CT molecular complexity index is 1970. The zero-order chi connectivity index (χ0) is 36.1. The number of hydrogen-bond acceptors (Lipinski definition) is 7. The molecule has 1 aliphatic heterocycles. The number of anilines is 1. The zero-order valence-electron chi connectivity index (χ0n) is 29.5. The molecular formula is C42H42N2O7. The first-order chi connectivity index (χ1) is 24.7. The summed E-state index contributed by atoms with van der Waals surface area (Å²) in [6.45, 7) is 3.47. The molecule has 0 aliphatic carbocycles. The van der Waals surface area contributed by atoms with Gasteiger partial charge in [0, 0.05) is 29.1 Å². The summed E-state index contributed by atoms with van der Waals surface area (Å²) >= 11 is 0. The van der Waals surface area contributed by atoms with Gasteiger partial charge in [0.2, 0.25) is 11.7 Å². The fourth-order valence-electron chi connectivity index (χ4n) is 7.14. The van der Waals surface area contributed by atoms with Gasteiger partial charge in [-0.15, -0.1) is 0 Å². The van der Waals surface area contributed by atoms with Gasteiger partial charge in [-0.3, -0.25) is 14.4 Å². The molecule has 2 heterocycles. The Hall–Kier alpha value is -5.83. The molecule has 1 aliphatic rings. The molecule has 2 unspecified atom stereocenters. The molecule has 4 aromatic carbocycles. The van der Waals surface area contributed by atoms with Crippen LogP contribution in [0.1, 0.15) is 63.4 Å². The third-order valence-corrected chi connectivity index (χ3v) is 9.62. The number of aryl methyl sites for hydroxylation is 1. The molecule has 1 amide bonds. The van der Waals surface area contributed by atoms with Crippen molar-refractivity contribution in [1.82, 2.24) is 4.57 Å². The third kappa shape index (κ3) is 7.10. The first-order valence-electron chi connectivity index (χ1n) is 16.9. The summed E-state index contributed by atoms with van der Waals surface area (Å²) in [6.07, 6.45) is 0.382. The van der Waals surface area contributed by atoms with Gasteiger partial charge >= 0.3 is 5.97 Å². The molecule has 5 aromatic rings. The Morgan fingerprint density at radius 3 is 1.98 bits per heavy atom. The highest BCUT2D eigenvalue weighted by Crippen LogP contribution is 2.43. The van der Waals surface area contributed by atoms with Gasteiger partial charge in [0.1, 0.15) is 5.75 Å². The predicted molar refractivity (Wildman–Crippen MR) is 195 cm³/mol. The molecule has 0 spiro atoms.